The topological polar surface area (TPSA) is 166 Å². The molecule has 2 amide bonds. The lowest BCUT2D eigenvalue weighted by Crippen LogP contribution is -2.37. The van der Waals surface area contributed by atoms with Gasteiger partial charge in [-0.05, 0) is 38.2 Å². The molecule has 11 heteroatoms. The van der Waals surface area contributed by atoms with Crippen LogP contribution in [0.2, 0.25) is 0 Å². The molecule has 0 spiro atoms. The summed E-state index contributed by atoms with van der Waals surface area (Å²) < 4.78 is 16.6. The monoisotopic (exact) mass is 585 g/mol. The van der Waals surface area contributed by atoms with Crippen molar-refractivity contribution in [3.63, 3.8) is 0 Å². The molecule has 0 fully saturated rings. The number of rotatable bonds is 6. The number of primary amides is 1. The highest BCUT2D eigenvalue weighted by Crippen LogP contribution is 2.28. The predicted molar refractivity (Wildman–Crippen MR) is 158 cm³/mol. The van der Waals surface area contributed by atoms with E-state index in [-0.39, 0.29) is 41.4 Å². The number of aliphatic hydroxyl groups excluding tert-OH is 1. The molecule has 0 saturated heterocycles. The second-order valence-electron chi connectivity index (χ2n) is 10.6. The summed E-state index contributed by atoms with van der Waals surface area (Å²) in [6.45, 7) is 10.9. The maximum absolute atomic E-state index is 13.5. The van der Waals surface area contributed by atoms with Gasteiger partial charge in [-0.3, -0.25) is 14.4 Å². The minimum absolute atomic E-state index is 0.132. The summed E-state index contributed by atoms with van der Waals surface area (Å²) in [6, 6.07) is 0. The zero-order valence-electron chi connectivity index (χ0n) is 25.1. The fraction of sp³-hybridized carbons (Fsp3) is 0.484. The molecule has 0 aromatic carbocycles. The lowest BCUT2D eigenvalue weighted by atomic mass is 9.85. The minimum atomic E-state index is -1.00. The maximum atomic E-state index is 13.5. The highest BCUT2D eigenvalue weighted by molar-refractivity contribution is 6.23. The van der Waals surface area contributed by atoms with E-state index in [0.29, 0.717) is 12.0 Å². The van der Waals surface area contributed by atoms with Gasteiger partial charge in [0.15, 0.2) is 6.10 Å². The third kappa shape index (κ3) is 9.10. The smallest absolute Gasteiger partial charge is 0.405 e. The Balaban J connectivity index is 2.62. The van der Waals surface area contributed by atoms with E-state index in [0.717, 1.165) is 6.08 Å². The van der Waals surface area contributed by atoms with Crippen molar-refractivity contribution in [2.75, 3.05) is 20.8 Å². The largest absolute Gasteiger partial charge is 0.439 e. The third-order valence-corrected chi connectivity index (χ3v) is 7.22. The lowest BCUT2D eigenvalue weighted by Gasteiger charge is -2.30. The Bertz CT molecular complexity index is 1210. The van der Waals surface area contributed by atoms with Gasteiger partial charge in [0.05, 0.1) is 23.6 Å². The van der Waals surface area contributed by atoms with Crippen LogP contribution in [0.1, 0.15) is 40.5 Å². The van der Waals surface area contributed by atoms with Gasteiger partial charge in [-0.1, -0.05) is 44.2 Å². The van der Waals surface area contributed by atoms with Gasteiger partial charge in [0, 0.05) is 43.9 Å². The average molecular weight is 586 g/mol. The van der Waals surface area contributed by atoms with Crippen molar-refractivity contribution < 1.29 is 38.5 Å². The first-order valence-corrected chi connectivity index (χ1v) is 13.8. The summed E-state index contributed by atoms with van der Waals surface area (Å²) in [5.74, 6) is -2.14. The van der Waals surface area contributed by atoms with Crippen molar-refractivity contribution in [2.24, 2.45) is 17.6 Å². The number of fused-ring (bicyclic) bond motifs is 2. The fourth-order valence-electron chi connectivity index (χ4n) is 4.95. The first kappa shape index (κ1) is 34.4. The second kappa shape index (κ2) is 16.0. The first-order chi connectivity index (χ1) is 19.8. The first-order valence-electron chi connectivity index (χ1n) is 13.8. The number of ketones is 2. The van der Waals surface area contributed by atoms with Crippen LogP contribution in [-0.2, 0) is 28.6 Å². The molecule has 230 valence electrons. The molecule has 0 radical (unpaired) electrons. The number of amides is 2. The summed E-state index contributed by atoms with van der Waals surface area (Å²) in [7, 11) is 2.92. The fourth-order valence-corrected chi connectivity index (χ4v) is 4.95. The number of carbonyl (C=O) groups is 4. The number of methoxy groups -OCH3 is 2. The molecule has 1 heterocycles. The molecule has 0 saturated carbocycles. The van der Waals surface area contributed by atoms with Gasteiger partial charge < -0.3 is 35.7 Å². The van der Waals surface area contributed by atoms with E-state index in [1.807, 2.05) is 6.92 Å². The summed E-state index contributed by atoms with van der Waals surface area (Å²) in [6.07, 6.45) is 5.34. The Morgan fingerprint density at radius 1 is 1.21 bits per heavy atom. The molecule has 1 aliphatic carbocycles. The number of allylic oxidation sites excluding steroid dienone is 4. The van der Waals surface area contributed by atoms with Gasteiger partial charge in [0.2, 0.25) is 11.6 Å². The van der Waals surface area contributed by atoms with Crippen LogP contribution in [0.4, 0.5) is 4.79 Å². The molecule has 1 aliphatic heterocycles. The van der Waals surface area contributed by atoms with Gasteiger partial charge in [-0.15, -0.1) is 6.58 Å². The summed E-state index contributed by atoms with van der Waals surface area (Å²) >= 11 is 0. The van der Waals surface area contributed by atoms with E-state index in [4.69, 9.17) is 19.9 Å². The van der Waals surface area contributed by atoms with Crippen molar-refractivity contribution >= 4 is 23.6 Å². The van der Waals surface area contributed by atoms with Crippen LogP contribution in [0.5, 0.6) is 0 Å². The van der Waals surface area contributed by atoms with Gasteiger partial charge in [-0.25, -0.2) is 4.79 Å². The number of carbonyl (C=O) groups excluding carboxylic acids is 4. The van der Waals surface area contributed by atoms with Gasteiger partial charge in [0.25, 0.3) is 5.91 Å². The number of ether oxygens (including phenoxy) is 3. The van der Waals surface area contributed by atoms with Crippen molar-refractivity contribution in [1.29, 1.82) is 0 Å². The highest BCUT2D eigenvalue weighted by atomic mass is 16.6. The SMILES string of the molecule is C=CCNC1=C2C[C@@H](C)C[C@H](OC)[C@H](O)[C@@H](C)/C=C(\C)[C@H](OC(N)=O)C(OC)/C=C\C=C(\C)C(=O)NC(=CC1=O)C2=O. The molecule has 2 aliphatic rings. The molecular formula is C31H43N3O8. The quantitative estimate of drug-likeness (QED) is 0.271. The Hall–Kier alpha value is -3.80. The molecule has 0 aromatic rings. The van der Waals surface area contributed by atoms with Crippen molar-refractivity contribution in [2.45, 2.75) is 65.0 Å². The van der Waals surface area contributed by atoms with Gasteiger partial charge in [-0.2, -0.15) is 0 Å². The second-order valence-corrected chi connectivity index (χ2v) is 10.6. The normalized spacial score (nSPS) is 31.6. The molecule has 5 N–H and O–H groups in total. The highest BCUT2D eigenvalue weighted by Gasteiger charge is 2.33. The lowest BCUT2D eigenvalue weighted by molar-refractivity contribution is -0.120. The maximum Gasteiger partial charge on any atom is 0.405 e. The summed E-state index contributed by atoms with van der Waals surface area (Å²) in [5, 5.41) is 16.7. The van der Waals surface area contributed by atoms with Gasteiger partial charge in [0.1, 0.15) is 6.10 Å². The van der Waals surface area contributed by atoms with Crippen LogP contribution in [0.15, 0.2) is 71.1 Å². The predicted octanol–water partition coefficient (Wildman–Crippen LogP) is 2.54. The van der Waals surface area contributed by atoms with E-state index >= 15 is 0 Å². The molecule has 2 rings (SSSR count). The zero-order chi connectivity index (χ0) is 31.6. The van der Waals surface area contributed by atoms with E-state index in [1.54, 1.807) is 45.1 Å². The van der Waals surface area contributed by atoms with Gasteiger partial charge >= 0.3 is 6.09 Å². The van der Waals surface area contributed by atoms with Crippen molar-refractivity contribution in [3.05, 3.63) is 71.1 Å². The van der Waals surface area contributed by atoms with Crippen LogP contribution in [-0.4, -0.2) is 73.9 Å². The van der Waals surface area contributed by atoms with Crippen molar-refractivity contribution in [3.8, 4) is 0 Å². The molecule has 6 atom stereocenters. The molecule has 0 aromatic heterocycles. The number of nitrogens with two attached hydrogens (primary N) is 1. The summed E-state index contributed by atoms with van der Waals surface area (Å²) in [4.78, 5) is 51.3. The zero-order valence-corrected chi connectivity index (χ0v) is 25.1. The summed E-state index contributed by atoms with van der Waals surface area (Å²) in [5.41, 5.74) is 6.42. The molecule has 2 bridgehead atoms. The van der Waals surface area contributed by atoms with E-state index in [1.165, 1.54) is 20.3 Å². The average Bonchev–Trinajstić information content (AvgIpc) is 2.94. The minimum Gasteiger partial charge on any atom is -0.439 e. The number of aliphatic hydroxyl groups is 1. The number of hydrogen-bond acceptors (Lipinski definition) is 9. The van der Waals surface area contributed by atoms with Crippen LogP contribution in [0.3, 0.4) is 0 Å². The number of nitrogens with one attached hydrogen (secondary N) is 2. The number of Topliss-reactive ketones (excluding diaryl/α,β-unsaturated/α-hetero) is 1. The molecule has 42 heavy (non-hydrogen) atoms. The Morgan fingerprint density at radius 3 is 2.50 bits per heavy atom. The molecule has 11 nitrogen and oxygen atoms in total. The standard InChI is InChI=1S/C31H43N3O8/c1-8-12-33-26-21-13-17(2)14-25(41-7)27(36)19(4)15-20(5)29(42-31(32)39)24(40-6)11-9-10-18(3)30(38)34-22(28(21)37)16-23(26)35/h8-11,15-17,19,24-25,27,29,33,36H,1,12-14H2,2-7H3,(H2,32,39)(H,34,38)/b11-9-,18-10-,20-15+/t17-,19+,24?,25+,27-,29+/m1/s1. The Kier molecular flexibility index (Phi) is 13.1. The van der Waals surface area contributed by atoms with Crippen LogP contribution in [0, 0.1) is 11.8 Å². The van der Waals surface area contributed by atoms with Crippen molar-refractivity contribution in [1.82, 2.24) is 10.6 Å². The molecule has 1 unspecified atom stereocenters. The Labute approximate surface area is 247 Å². The molecular weight excluding hydrogens is 542 g/mol. The van der Waals surface area contributed by atoms with Crippen LogP contribution >= 0.6 is 0 Å². The van der Waals surface area contributed by atoms with E-state index < -0.39 is 53.9 Å². The third-order valence-electron chi connectivity index (χ3n) is 7.22. The van der Waals surface area contributed by atoms with Crippen LogP contribution in [0.25, 0.3) is 0 Å². The van der Waals surface area contributed by atoms with E-state index in [2.05, 4.69) is 17.2 Å². The van der Waals surface area contributed by atoms with E-state index in [9.17, 15) is 24.3 Å². The number of hydrogen-bond donors (Lipinski definition) is 4. The Morgan fingerprint density at radius 2 is 1.90 bits per heavy atom. The van der Waals surface area contributed by atoms with Crippen LogP contribution < -0.4 is 16.4 Å².